The highest BCUT2D eigenvalue weighted by Gasteiger charge is 2.00. The van der Waals surface area contributed by atoms with Gasteiger partial charge in [-0.1, -0.05) is 12.2 Å². The Morgan fingerprint density at radius 2 is 2.25 bits per heavy atom. The summed E-state index contributed by atoms with van der Waals surface area (Å²) in [6.07, 6.45) is 3.40. The topological polar surface area (TPSA) is 92.9 Å². The van der Waals surface area contributed by atoms with E-state index in [-0.39, 0.29) is 10.9 Å². The maximum absolute atomic E-state index is 10.9. The van der Waals surface area contributed by atoms with E-state index < -0.39 is 0 Å². The van der Waals surface area contributed by atoms with Crippen LogP contribution in [0.1, 0.15) is 12.1 Å². The zero-order chi connectivity index (χ0) is 12.0. The van der Waals surface area contributed by atoms with Crippen LogP contribution >= 0.6 is 12.2 Å². The van der Waals surface area contributed by atoms with Gasteiger partial charge in [-0.2, -0.15) is 0 Å². The van der Waals surface area contributed by atoms with Gasteiger partial charge in [0.1, 0.15) is 16.5 Å². The number of aromatic nitrogens is 2. The zero-order valence-corrected chi connectivity index (χ0v) is 9.67. The molecule has 86 valence electrons. The van der Waals surface area contributed by atoms with Crippen molar-refractivity contribution in [3.05, 3.63) is 18.1 Å². The number of carbonyl (C=O) groups excluding carboxylic acids is 1. The summed E-state index contributed by atoms with van der Waals surface area (Å²) in [5.74, 6) is 0.559. The first-order chi connectivity index (χ1) is 7.63. The molecule has 0 saturated carbocycles. The fourth-order valence-corrected chi connectivity index (χ4v) is 1.08. The molecule has 1 aromatic rings. The molecule has 0 aliphatic carbocycles. The van der Waals surface area contributed by atoms with E-state index in [1.165, 1.54) is 12.4 Å². The molecule has 1 rings (SSSR count). The highest BCUT2D eigenvalue weighted by molar-refractivity contribution is 7.80. The lowest BCUT2D eigenvalue weighted by Crippen LogP contribution is -2.21. The van der Waals surface area contributed by atoms with Crippen molar-refractivity contribution in [1.82, 2.24) is 15.3 Å². The number of anilines is 1. The van der Waals surface area contributed by atoms with Gasteiger partial charge < -0.3 is 16.4 Å². The van der Waals surface area contributed by atoms with Crippen LogP contribution in [0.2, 0.25) is 0 Å². The zero-order valence-electron chi connectivity index (χ0n) is 8.86. The van der Waals surface area contributed by atoms with E-state index in [0.717, 1.165) is 0 Å². The molecule has 6 nitrogen and oxygen atoms in total. The van der Waals surface area contributed by atoms with E-state index in [1.54, 1.807) is 7.05 Å². The lowest BCUT2D eigenvalue weighted by atomic mass is 10.4. The minimum absolute atomic E-state index is 0.0276. The fourth-order valence-electron chi connectivity index (χ4n) is 0.976. The second-order valence-corrected chi connectivity index (χ2v) is 3.44. The van der Waals surface area contributed by atoms with Crippen molar-refractivity contribution in [2.75, 3.05) is 18.9 Å². The third-order valence-corrected chi connectivity index (χ3v) is 2.05. The normalized spacial score (nSPS) is 9.56. The molecule has 1 amide bonds. The Balaban J connectivity index is 2.43. The number of carbonyl (C=O) groups is 1. The molecule has 0 aliphatic heterocycles. The largest absolute Gasteiger partial charge is 0.388 e. The maximum Gasteiger partial charge on any atom is 0.221 e. The Labute approximate surface area is 98.7 Å². The predicted molar refractivity (Wildman–Crippen MR) is 65.1 cm³/mol. The molecule has 16 heavy (non-hydrogen) atoms. The van der Waals surface area contributed by atoms with Gasteiger partial charge in [0.25, 0.3) is 0 Å². The first-order valence-corrected chi connectivity index (χ1v) is 5.10. The Morgan fingerprint density at radius 3 is 2.75 bits per heavy atom. The number of nitrogens with two attached hydrogens (primary N) is 1. The average Bonchev–Trinajstić information content (AvgIpc) is 2.29. The molecule has 4 N–H and O–H groups in total. The number of thiocarbonyl (C=S) groups is 1. The number of nitrogens with one attached hydrogen (secondary N) is 2. The van der Waals surface area contributed by atoms with Gasteiger partial charge in [-0.3, -0.25) is 4.79 Å². The smallest absolute Gasteiger partial charge is 0.221 e. The Bertz CT molecular complexity index is 378. The summed E-state index contributed by atoms with van der Waals surface area (Å²) in [7, 11) is 1.60. The fraction of sp³-hybridized carbons (Fsp3) is 0.333. The van der Waals surface area contributed by atoms with E-state index in [2.05, 4.69) is 20.6 Å². The molecule has 0 atom stereocenters. The van der Waals surface area contributed by atoms with E-state index >= 15 is 0 Å². The number of hydrogen-bond acceptors (Lipinski definition) is 5. The number of hydrogen-bond donors (Lipinski definition) is 3. The molecule has 1 aromatic heterocycles. The van der Waals surface area contributed by atoms with E-state index in [1.807, 2.05) is 0 Å². The molecule has 0 bridgehead atoms. The molecule has 1 heterocycles. The van der Waals surface area contributed by atoms with Crippen molar-refractivity contribution in [3.63, 3.8) is 0 Å². The molecule has 0 fully saturated rings. The Kier molecular flexibility index (Phi) is 4.59. The van der Waals surface area contributed by atoms with Crippen molar-refractivity contribution in [2.24, 2.45) is 5.73 Å². The van der Waals surface area contributed by atoms with Crippen LogP contribution in [-0.4, -0.2) is 34.5 Å². The summed E-state index contributed by atoms with van der Waals surface area (Å²) in [4.78, 5) is 19.2. The second kappa shape index (κ2) is 5.96. The van der Waals surface area contributed by atoms with Crippen LogP contribution in [0.15, 0.2) is 12.4 Å². The highest BCUT2D eigenvalue weighted by Crippen LogP contribution is 2.00. The highest BCUT2D eigenvalue weighted by atomic mass is 32.1. The summed E-state index contributed by atoms with van der Waals surface area (Å²) in [5, 5.41) is 5.48. The summed E-state index contributed by atoms with van der Waals surface area (Å²) in [6, 6.07) is 0. The van der Waals surface area contributed by atoms with Crippen LogP contribution in [0.4, 0.5) is 5.82 Å². The van der Waals surface area contributed by atoms with Gasteiger partial charge >= 0.3 is 0 Å². The van der Waals surface area contributed by atoms with Gasteiger partial charge in [-0.25, -0.2) is 9.97 Å². The third kappa shape index (κ3) is 3.77. The van der Waals surface area contributed by atoms with Crippen molar-refractivity contribution in [3.8, 4) is 0 Å². The van der Waals surface area contributed by atoms with Crippen molar-refractivity contribution >= 4 is 28.9 Å². The van der Waals surface area contributed by atoms with Gasteiger partial charge in [0.15, 0.2) is 0 Å². The minimum atomic E-state index is -0.0276. The van der Waals surface area contributed by atoms with Crippen LogP contribution in [-0.2, 0) is 4.79 Å². The van der Waals surface area contributed by atoms with Gasteiger partial charge in [0.05, 0.1) is 12.4 Å². The molecular formula is C9H13N5OS. The molecule has 0 unspecified atom stereocenters. The quantitative estimate of drug-likeness (QED) is 0.609. The Hall–Kier alpha value is -1.76. The number of amides is 1. The van der Waals surface area contributed by atoms with Gasteiger partial charge in [-0.05, 0) is 0 Å². The van der Waals surface area contributed by atoms with Gasteiger partial charge in [0, 0.05) is 20.0 Å². The molecule has 0 aromatic carbocycles. The van der Waals surface area contributed by atoms with Gasteiger partial charge in [0.2, 0.25) is 5.91 Å². The molecule has 7 heteroatoms. The number of nitrogens with zero attached hydrogens (tertiary/aromatic N) is 2. The molecular weight excluding hydrogens is 226 g/mol. The SMILES string of the molecule is CNC(=O)CCNc1cnc(C(N)=S)cn1. The summed E-state index contributed by atoms with van der Waals surface area (Å²) >= 11 is 4.74. The van der Waals surface area contributed by atoms with Crippen LogP contribution in [0.5, 0.6) is 0 Å². The first kappa shape index (κ1) is 12.3. The standard InChI is InChI=1S/C9H13N5OS/c1-11-8(15)2-3-12-7-5-13-6(4-14-7)9(10)16/h4-5H,2-3H2,1H3,(H2,10,16)(H,11,15)(H,12,14). The van der Waals surface area contributed by atoms with E-state index in [4.69, 9.17) is 18.0 Å². The van der Waals surface area contributed by atoms with E-state index in [0.29, 0.717) is 24.5 Å². The molecule has 0 spiro atoms. The summed E-state index contributed by atoms with van der Waals surface area (Å²) in [6.45, 7) is 0.501. The van der Waals surface area contributed by atoms with Crippen LogP contribution in [0, 0.1) is 0 Å². The average molecular weight is 239 g/mol. The van der Waals surface area contributed by atoms with Crippen molar-refractivity contribution < 1.29 is 4.79 Å². The minimum Gasteiger partial charge on any atom is -0.388 e. The Morgan fingerprint density at radius 1 is 1.50 bits per heavy atom. The van der Waals surface area contributed by atoms with E-state index in [9.17, 15) is 4.79 Å². The third-order valence-electron chi connectivity index (χ3n) is 1.84. The molecule has 0 radical (unpaired) electrons. The summed E-state index contributed by atoms with van der Waals surface area (Å²) in [5.41, 5.74) is 5.86. The molecule has 0 aliphatic rings. The predicted octanol–water partition coefficient (Wildman–Crippen LogP) is -0.341. The lowest BCUT2D eigenvalue weighted by Gasteiger charge is -2.04. The lowest BCUT2D eigenvalue weighted by molar-refractivity contribution is -0.120. The van der Waals surface area contributed by atoms with Crippen molar-refractivity contribution in [1.29, 1.82) is 0 Å². The monoisotopic (exact) mass is 239 g/mol. The van der Waals surface area contributed by atoms with Crippen molar-refractivity contribution in [2.45, 2.75) is 6.42 Å². The first-order valence-electron chi connectivity index (χ1n) is 4.69. The van der Waals surface area contributed by atoms with Crippen LogP contribution in [0.3, 0.4) is 0 Å². The maximum atomic E-state index is 10.9. The van der Waals surface area contributed by atoms with Gasteiger partial charge in [-0.15, -0.1) is 0 Å². The molecule has 0 saturated heterocycles. The van der Waals surface area contributed by atoms with Crippen LogP contribution < -0.4 is 16.4 Å². The summed E-state index contributed by atoms with van der Waals surface area (Å²) < 4.78 is 0. The number of rotatable bonds is 5. The second-order valence-electron chi connectivity index (χ2n) is 3.00. The van der Waals surface area contributed by atoms with Crippen LogP contribution in [0.25, 0.3) is 0 Å².